The molecule has 0 bridgehead atoms. The van der Waals surface area contributed by atoms with E-state index in [0.717, 1.165) is 22.2 Å². The molecular formula is C14H14BrNO. The van der Waals surface area contributed by atoms with Gasteiger partial charge in [0.1, 0.15) is 5.75 Å². The fraction of sp³-hybridized carbons (Fsp3) is 0.214. The van der Waals surface area contributed by atoms with Gasteiger partial charge >= 0.3 is 0 Å². The first-order chi connectivity index (χ1) is 8.20. The lowest BCUT2D eigenvalue weighted by Crippen LogP contribution is -1.91. The average molecular weight is 292 g/mol. The van der Waals surface area contributed by atoms with Crippen LogP contribution in [0.25, 0.3) is 0 Å². The van der Waals surface area contributed by atoms with Gasteiger partial charge in [0, 0.05) is 6.20 Å². The zero-order valence-corrected chi connectivity index (χ0v) is 11.5. The van der Waals surface area contributed by atoms with Gasteiger partial charge in [0.15, 0.2) is 0 Å². The highest BCUT2D eigenvalue weighted by Crippen LogP contribution is 2.29. The maximum atomic E-state index is 5.73. The summed E-state index contributed by atoms with van der Waals surface area (Å²) < 4.78 is 6.63. The molecule has 0 aliphatic heterocycles. The van der Waals surface area contributed by atoms with E-state index in [2.05, 4.69) is 40.0 Å². The van der Waals surface area contributed by atoms with Gasteiger partial charge in [-0.2, -0.15) is 0 Å². The van der Waals surface area contributed by atoms with E-state index in [-0.39, 0.29) is 0 Å². The fourth-order valence-corrected chi connectivity index (χ4v) is 1.81. The Morgan fingerprint density at radius 2 is 1.88 bits per heavy atom. The predicted octanol–water partition coefficient (Wildman–Crippen LogP) is 4.51. The molecule has 0 aliphatic carbocycles. The molecule has 1 heterocycles. The number of rotatable bonds is 3. The summed E-state index contributed by atoms with van der Waals surface area (Å²) in [7, 11) is 0. The van der Waals surface area contributed by atoms with E-state index >= 15 is 0 Å². The Morgan fingerprint density at radius 3 is 2.53 bits per heavy atom. The minimum absolute atomic E-state index is 0.606. The highest BCUT2D eigenvalue weighted by molar-refractivity contribution is 9.10. The van der Waals surface area contributed by atoms with Gasteiger partial charge < -0.3 is 4.74 Å². The minimum atomic E-state index is 0.606. The molecule has 0 unspecified atom stereocenters. The summed E-state index contributed by atoms with van der Waals surface area (Å²) in [5.74, 6) is 1.41. The number of ether oxygens (including phenoxy) is 1. The molecule has 88 valence electrons. The van der Waals surface area contributed by atoms with Crippen LogP contribution in [0, 0.1) is 6.92 Å². The molecule has 0 saturated carbocycles. The van der Waals surface area contributed by atoms with E-state index in [4.69, 9.17) is 4.74 Å². The first kappa shape index (κ1) is 12.1. The Hall–Kier alpha value is -1.35. The van der Waals surface area contributed by atoms with Crippen LogP contribution in [-0.2, 0) is 6.42 Å². The molecule has 3 heteroatoms. The lowest BCUT2D eigenvalue weighted by Gasteiger charge is -2.08. The molecule has 0 radical (unpaired) electrons. The number of halogens is 1. The highest BCUT2D eigenvalue weighted by atomic mass is 79.9. The highest BCUT2D eigenvalue weighted by Gasteiger charge is 2.06. The number of hydrogen-bond donors (Lipinski definition) is 0. The quantitative estimate of drug-likeness (QED) is 0.830. The Balaban J connectivity index is 2.22. The summed E-state index contributed by atoms with van der Waals surface area (Å²) in [5, 5.41) is 0. The number of hydrogen-bond acceptors (Lipinski definition) is 2. The summed E-state index contributed by atoms with van der Waals surface area (Å²) in [4.78, 5) is 4.21. The van der Waals surface area contributed by atoms with Crippen molar-refractivity contribution in [3.05, 3.63) is 52.1 Å². The van der Waals surface area contributed by atoms with E-state index in [1.807, 2.05) is 25.1 Å². The first-order valence-electron chi connectivity index (χ1n) is 5.58. The van der Waals surface area contributed by atoms with Crippen molar-refractivity contribution in [2.75, 3.05) is 0 Å². The number of pyridine rings is 1. The summed E-state index contributed by atoms with van der Waals surface area (Å²) in [6.07, 6.45) is 2.78. The molecule has 1 aromatic carbocycles. The van der Waals surface area contributed by atoms with Crippen LogP contribution in [0.4, 0.5) is 0 Å². The molecule has 0 saturated heterocycles. The van der Waals surface area contributed by atoms with Crippen LogP contribution in [0.3, 0.4) is 0 Å². The van der Waals surface area contributed by atoms with Crippen molar-refractivity contribution in [2.24, 2.45) is 0 Å². The molecule has 1 aromatic heterocycles. The largest absolute Gasteiger partial charge is 0.438 e. The van der Waals surface area contributed by atoms with E-state index in [1.54, 1.807) is 6.20 Å². The Kier molecular flexibility index (Phi) is 3.79. The van der Waals surface area contributed by atoms with Crippen molar-refractivity contribution in [2.45, 2.75) is 20.3 Å². The van der Waals surface area contributed by atoms with Gasteiger partial charge in [0.05, 0.1) is 4.47 Å². The maximum Gasteiger partial charge on any atom is 0.233 e. The van der Waals surface area contributed by atoms with Gasteiger partial charge in [-0.3, -0.25) is 0 Å². The van der Waals surface area contributed by atoms with Crippen molar-refractivity contribution >= 4 is 15.9 Å². The SMILES string of the molecule is CCc1ccc(Oc2nccc(C)c2Br)cc1. The van der Waals surface area contributed by atoms with Crippen LogP contribution in [-0.4, -0.2) is 4.98 Å². The second kappa shape index (κ2) is 5.32. The topological polar surface area (TPSA) is 22.1 Å². The Labute approximate surface area is 110 Å². The zero-order chi connectivity index (χ0) is 12.3. The van der Waals surface area contributed by atoms with Gasteiger partial charge in [-0.15, -0.1) is 0 Å². The normalized spacial score (nSPS) is 10.3. The van der Waals surface area contributed by atoms with Crippen LogP contribution >= 0.6 is 15.9 Å². The Morgan fingerprint density at radius 1 is 1.18 bits per heavy atom. The van der Waals surface area contributed by atoms with E-state index in [0.29, 0.717) is 5.88 Å². The molecule has 2 rings (SSSR count). The third-order valence-corrected chi connectivity index (χ3v) is 3.56. The van der Waals surface area contributed by atoms with Crippen molar-refractivity contribution in [1.82, 2.24) is 4.98 Å². The molecular weight excluding hydrogens is 278 g/mol. The van der Waals surface area contributed by atoms with Crippen LogP contribution in [0.1, 0.15) is 18.1 Å². The molecule has 0 fully saturated rings. The molecule has 2 nitrogen and oxygen atoms in total. The van der Waals surface area contributed by atoms with Gasteiger partial charge in [-0.05, 0) is 58.6 Å². The summed E-state index contributed by atoms with van der Waals surface area (Å²) in [6.45, 7) is 4.15. The second-order valence-electron chi connectivity index (χ2n) is 3.85. The minimum Gasteiger partial charge on any atom is -0.438 e. The molecule has 0 amide bonds. The van der Waals surface area contributed by atoms with Crippen molar-refractivity contribution in [3.63, 3.8) is 0 Å². The lowest BCUT2D eigenvalue weighted by molar-refractivity contribution is 0.459. The third kappa shape index (κ3) is 2.86. The van der Waals surface area contributed by atoms with Crippen LogP contribution in [0.2, 0.25) is 0 Å². The van der Waals surface area contributed by atoms with Gasteiger partial charge in [0.2, 0.25) is 5.88 Å². The molecule has 0 N–H and O–H groups in total. The molecule has 17 heavy (non-hydrogen) atoms. The number of aromatic nitrogens is 1. The maximum absolute atomic E-state index is 5.73. The van der Waals surface area contributed by atoms with Crippen LogP contribution in [0.15, 0.2) is 41.0 Å². The van der Waals surface area contributed by atoms with Gasteiger partial charge in [-0.25, -0.2) is 4.98 Å². The summed E-state index contributed by atoms with van der Waals surface area (Å²) in [5.41, 5.74) is 2.41. The number of aryl methyl sites for hydroxylation is 2. The average Bonchev–Trinajstić information content (AvgIpc) is 2.36. The van der Waals surface area contributed by atoms with Crippen molar-refractivity contribution in [3.8, 4) is 11.6 Å². The fourth-order valence-electron chi connectivity index (χ4n) is 1.49. The first-order valence-corrected chi connectivity index (χ1v) is 6.38. The number of benzene rings is 1. The zero-order valence-electron chi connectivity index (χ0n) is 9.90. The van der Waals surface area contributed by atoms with Crippen LogP contribution in [0.5, 0.6) is 11.6 Å². The Bertz CT molecular complexity index is 508. The summed E-state index contributed by atoms with van der Waals surface area (Å²) in [6, 6.07) is 10.0. The molecule has 0 spiro atoms. The van der Waals surface area contributed by atoms with Gasteiger partial charge in [0.25, 0.3) is 0 Å². The monoisotopic (exact) mass is 291 g/mol. The molecule has 0 atom stereocenters. The van der Waals surface area contributed by atoms with Crippen molar-refractivity contribution in [1.29, 1.82) is 0 Å². The second-order valence-corrected chi connectivity index (χ2v) is 4.64. The van der Waals surface area contributed by atoms with E-state index in [1.165, 1.54) is 5.56 Å². The third-order valence-electron chi connectivity index (χ3n) is 2.60. The molecule has 0 aliphatic rings. The van der Waals surface area contributed by atoms with Gasteiger partial charge in [-0.1, -0.05) is 19.1 Å². The lowest BCUT2D eigenvalue weighted by atomic mass is 10.2. The molecule has 2 aromatic rings. The predicted molar refractivity (Wildman–Crippen MR) is 72.6 cm³/mol. The summed E-state index contributed by atoms with van der Waals surface area (Å²) >= 11 is 3.48. The van der Waals surface area contributed by atoms with Crippen molar-refractivity contribution < 1.29 is 4.74 Å². The van der Waals surface area contributed by atoms with E-state index < -0.39 is 0 Å². The van der Waals surface area contributed by atoms with Crippen LogP contribution < -0.4 is 4.74 Å². The smallest absolute Gasteiger partial charge is 0.233 e. The standard InChI is InChI=1S/C14H14BrNO/c1-3-11-4-6-12(7-5-11)17-14-13(15)10(2)8-9-16-14/h4-9H,3H2,1-2H3. The number of nitrogens with zero attached hydrogens (tertiary/aromatic N) is 1. The van der Waals surface area contributed by atoms with E-state index in [9.17, 15) is 0 Å².